The zero-order valence-electron chi connectivity index (χ0n) is 7.11. The van der Waals surface area contributed by atoms with E-state index in [9.17, 15) is 9.59 Å². The first-order valence-corrected chi connectivity index (χ1v) is 3.64. The van der Waals surface area contributed by atoms with Gasteiger partial charge in [0, 0.05) is 12.5 Å². The number of nitrogens with zero attached hydrogens (tertiary/aromatic N) is 1. The highest BCUT2D eigenvalue weighted by atomic mass is 16.6. The maximum Gasteiger partial charge on any atom is 0.332 e. The Labute approximate surface area is 70.9 Å². The van der Waals surface area contributed by atoms with Crippen LogP contribution in [-0.2, 0) is 14.3 Å². The molecule has 0 aromatic rings. The van der Waals surface area contributed by atoms with Crippen LogP contribution in [0.4, 0.5) is 0 Å². The van der Waals surface area contributed by atoms with Crippen LogP contribution in [0, 0.1) is 0 Å². The lowest BCUT2D eigenvalue weighted by atomic mass is 10.4. The van der Waals surface area contributed by atoms with Crippen molar-refractivity contribution in [1.29, 1.82) is 0 Å². The number of isocyanates is 1. The third-order valence-electron chi connectivity index (χ3n) is 1.10. The smallest absolute Gasteiger partial charge is 0.332 e. The third kappa shape index (κ3) is 4.41. The Morgan fingerprint density at radius 2 is 2.42 bits per heavy atom. The summed E-state index contributed by atoms with van der Waals surface area (Å²) in [5, 5.41) is 0. The monoisotopic (exact) mass is 169 g/mol. The highest BCUT2D eigenvalue weighted by Crippen LogP contribution is 1.99. The van der Waals surface area contributed by atoms with Crippen molar-refractivity contribution < 1.29 is 14.3 Å². The molecular weight excluding hydrogens is 158 g/mol. The van der Waals surface area contributed by atoms with Gasteiger partial charge in [0.05, 0.1) is 0 Å². The molecule has 1 unspecified atom stereocenters. The van der Waals surface area contributed by atoms with E-state index in [4.69, 9.17) is 4.74 Å². The lowest BCUT2D eigenvalue weighted by molar-refractivity contribution is -0.142. The van der Waals surface area contributed by atoms with Gasteiger partial charge in [-0.15, -0.1) is 0 Å². The van der Waals surface area contributed by atoms with E-state index in [1.807, 2.05) is 0 Å². The molecule has 66 valence electrons. The minimum atomic E-state index is -0.703. The second-order valence-corrected chi connectivity index (χ2v) is 2.02. The Morgan fingerprint density at radius 1 is 1.75 bits per heavy atom. The van der Waals surface area contributed by atoms with E-state index >= 15 is 0 Å². The fraction of sp³-hybridized carbons (Fsp3) is 0.500. The predicted molar refractivity (Wildman–Crippen MR) is 43.1 cm³/mol. The van der Waals surface area contributed by atoms with Crippen molar-refractivity contribution in [1.82, 2.24) is 0 Å². The SMILES string of the molecule is C/C=C/C(=O)OC(CC)N=C=O. The molecule has 0 aliphatic carbocycles. The van der Waals surface area contributed by atoms with Crippen LogP contribution in [0.5, 0.6) is 0 Å². The Balaban J connectivity index is 4.02. The van der Waals surface area contributed by atoms with Crippen molar-refractivity contribution in [2.45, 2.75) is 26.5 Å². The second-order valence-electron chi connectivity index (χ2n) is 2.02. The number of ether oxygens (including phenoxy) is 1. The van der Waals surface area contributed by atoms with Crippen molar-refractivity contribution in [3.8, 4) is 0 Å². The predicted octanol–water partition coefficient (Wildman–Crippen LogP) is 1.18. The molecule has 0 heterocycles. The zero-order valence-corrected chi connectivity index (χ0v) is 7.11. The average Bonchev–Trinajstić information content (AvgIpc) is 2.04. The van der Waals surface area contributed by atoms with E-state index in [0.29, 0.717) is 6.42 Å². The average molecular weight is 169 g/mol. The molecule has 0 rings (SSSR count). The molecule has 0 aromatic heterocycles. The molecule has 0 saturated heterocycles. The highest BCUT2D eigenvalue weighted by molar-refractivity contribution is 5.81. The van der Waals surface area contributed by atoms with Gasteiger partial charge in [-0.3, -0.25) is 0 Å². The van der Waals surface area contributed by atoms with Gasteiger partial charge < -0.3 is 4.74 Å². The summed E-state index contributed by atoms with van der Waals surface area (Å²) in [7, 11) is 0. The molecule has 12 heavy (non-hydrogen) atoms. The molecule has 0 N–H and O–H groups in total. The highest BCUT2D eigenvalue weighted by Gasteiger charge is 2.06. The standard InChI is InChI=1S/C8H11NO3/c1-3-5-8(11)12-7(4-2)9-6-10/h3,5,7H,4H2,1-2H3/b5-3+. The summed E-state index contributed by atoms with van der Waals surface area (Å²) in [4.78, 5) is 23.9. The van der Waals surface area contributed by atoms with E-state index < -0.39 is 12.2 Å². The first-order valence-electron chi connectivity index (χ1n) is 3.64. The molecule has 4 nitrogen and oxygen atoms in total. The number of allylic oxidation sites excluding steroid dienone is 1. The molecule has 0 spiro atoms. The minimum absolute atomic E-state index is 0.471. The van der Waals surface area contributed by atoms with Crippen molar-refractivity contribution in [2.75, 3.05) is 0 Å². The molecule has 0 aliphatic rings. The number of carbonyl (C=O) groups is 1. The maximum atomic E-state index is 10.8. The van der Waals surface area contributed by atoms with Crippen molar-refractivity contribution in [3.05, 3.63) is 12.2 Å². The summed E-state index contributed by atoms with van der Waals surface area (Å²) < 4.78 is 4.73. The Bertz CT molecular complexity index is 216. The van der Waals surface area contributed by atoms with Gasteiger partial charge in [0.25, 0.3) is 0 Å². The van der Waals surface area contributed by atoms with Gasteiger partial charge in [-0.05, 0) is 6.92 Å². The second kappa shape index (κ2) is 6.31. The van der Waals surface area contributed by atoms with Crippen LogP contribution in [-0.4, -0.2) is 18.3 Å². The normalized spacial score (nSPS) is 12.2. The van der Waals surface area contributed by atoms with E-state index in [1.54, 1.807) is 19.9 Å². The topological polar surface area (TPSA) is 55.7 Å². The molecule has 4 heteroatoms. The number of rotatable bonds is 4. The number of carbonyl (C=O) groups excluding carboxylic acids is 2. The van der Waals surface area contributed by atoms with Crippen LogP contribution in [0.15, 0.2) is 17.1 Å². The fourth-order valence-corrected chi connectivity index (χ4v) is 0.569. The number of esters is 1. The van der Waals surface area contributed by atoms with Gasteiger partial charge in [-0.25, -0.2) is 9.59 Å². The molecule has 0 bridgehead atoms. The van der Waals surface area contributed by atoms with Gasteiger partial charge in [0.15, 0.2) is 0 Å². The molecule has 0 aliphatic heterocycles. The van der Waals surface area contributed by atoms with Gasteiger partial charge in [-0.1, -0.05) is 13.0 Å². The van der Waals surface area contributed by atoms with Crippen molar-refractivity contribution >= 4 is 12.0 Å². The summed E-state index contributed by atoms with van der Waals surface area (Å²) in [6.45, 7) is 3.46. The molecule has 1 atom stereocenters. The summed E-state index contributed by atoms with van der Waals surface area (Å²) in [6.07, 6.45) is 3.93. The van der Waals surface area contributed by atoms with E-state index in [1.165, 1.54) is 12.2 Å². The summed E-state index contributed by atoms with van der Waals surface area (Å²) in [6, 6.07) is 0. The van der Waals surface area contributed by atoms with E-state index in [-0.39, 0.29) is 0 Å². The van der Waals surface area contributed by atoms with Crippen LogP contribution in [0.1, 0.15) is 20.3 Å². The van der Waals surface area contributed by atoms with Crippen LogP contribution >= 0.6 is 0 Å². The first-order chi connectivity index (χ1) is 5.74. The van der Waals surface area contributed by atoms with Gasteiger partial charge in [0.1, 0.15) is 0 Å². The first kappa shape index (κ1) is 10.6. The fourth-order valence-electron chi connectivity index (χ4n) is 0.569. The zero-order chi connectivity index (χ0) is 9.40. The lowest BCUT2D eigenvalue weighted by Gasteiger charge is -2.06. The van der Waals surface area contributed by atoms with E-state index in [0.717, 1.165) is 0 Å². The largest absolute Gasteiger partial charge is 0.436 e. The van der Waals surface area contributed by atoms with Gasteiger partial charge in [-0.2, -0.15) is 4.99 Å². The van der Waals surface area contributed by atoms with Crippen LogP contribution in [0.25, 0.3) is 0 Å². The Hall–Kier alpha value is -1.41. The molecule has 0 fully saturated rings. The van der Waals surface area contributed by atoms with Crippen molar-refractivity contribution in [3.63, 3.8) is 0 Å². The van der Waals surface area contributed by atoms with Crippen LogP contribution in [0.3, 0.4) is 0 Å². The molecule has 0 aromatic carbocycles. The number of aliphatic imine (C=N–C) groups is 1. The quantitative estimate of drug-likeness (QED) is 0.275. The lowest BCUT2D eigenvalue weighted by Crippen LogP contribution is -2.12. The Morgan fingerprint density at radius 3 is 2.83 bits per heavy atom. The minimum Gasteiger partial charge on any atom is -0.436 e. The molecule has 0 amide bonds. The maximum absolute atomic E-state index is 10.8. The van der Waals surface area contributed by atoms with E-state index in [2.05, 4.69) is 4.99 Å². The summed E-state index contributed by atoms with van der Waals surface area (Å²) in [5.74, 6) is -0.497. The van der Waals surface area contributed by atoms with Crippen LogP contribution in [0.2, 0.25) is 0 Å². The molecule has 0 radical (unpaired) electrons. The van der Waals surface area contributed by atoms with Gasteiger partial charge in [0.2, 0.25) is 12.3 Å². The van der Waals surface area contributed by atoms with Crippen molar-refractivity contribution in [2.24, 2.45) is 4.99 Å². The van der Waals surface area contributed by atoms with Crippen LogP contribution < -0.4 is 0 Å². The molecule has 0 saturated carbocycles. The molecular formula is C8H11NO3. The number of hydrogen-bond donors (Lipinski definition) is 0. The summed E-state index contributed by atoms with van der Waals surface area (Å²) >= 11 is 0. The number of hydrogen-bond acceptors (Lipinski definition) is 4. The van der Waals surface area contributed by atoms with Gasteiger partial charge >= 0.3 is 5.97 Å². The third-order valence-corrected chi connectivity index (χ3v) is 1.10. The summed E-state index contributed by atoms with van der Waals surface area (Å²) in [5.41, 5.74) is 0. The Kier molecular flexibility index (Phi) is 5.57.